The fraction of sp³-hybridized carbons (Fsp3) is 1.00. The molecule has 0 saturated heterocycles. The van der Waals surface area contributed by atoms with Gasteiger partial charge in [0.15, 0.2) is 0 Å². The fourth-order valence-electron chi connectivity index (χ4n) is 8.07. The van der Waals surface area contributed by atoms with E-state index in [9.17, 15) is 10.2 Å². The third-order valence-corrected chi connectivity index (χ3v) is 9.29. The average Bonchev–Trinajstić information content (AvgIpc) is 2.85. The van der Waals surface area contributed by atoms with E-state index in [2.05, 4.69) is 13.8 Å². The molecule has 0 aromatic carbocycles. The van der Waals surface area contributed by atoms with Crippen LogP contribution in [0.5, 0.6) is 0 Å². The Morgan fingerprint density at radius 2 is 1.57 bits per heavy atom. The lowest BCUT2D eigenvalue weighted by molar-refractivity contribution is -0.132. The Bertz CT molecular complexity index is 461. The summed E-state index contributed by atoms with van der Waals surface area (Å²) in [5.41, 5.74) is 0.860. The highest BCUT2D eigenvalue weighted by Crippen LogP contribution is 2.67. The minimum absolute atomic E-state index is 0.0374. The maximum Gasteiger partial charge on any atom is 0.0545 e. The molecule has 0 aromatic heterocycles. The molecule has 2 heteroatoms. The molecule has 0 aromatic rings. The number of fused-ring (bicyclic) bond motifs is 5. The van der Waals surface area contributed by atoms with Gasteiger partial charge in [-0.05, 0) is 105 Å². The van der Waals surface area contributed by atoms with E-state index >= 15 is 0 Å². The molecule has 132 valence electrons. The van der Waals surface area contributed by atoms with Crippen molar-refractivity contribution in [3.8, 4) is 0 Å². The summed E-state index contributed by atoms with van der Waals surface area (Å²) in [6.45, 7) is 7.08. The molecule has 0 amide bonds. The van der Waals surface area contributed by atoms with Gasteiger partial charge in [-0.25, -0.2) is 0 Å². The van der Waals surface area contributed by atoms with Gasteiger partial charge >= 0.3 is 0 Å². The van der Waals surface area contributed by atoms with Gasteiger partial charge in [-0.1, -0.05) is 13.8 Å². The van der Waals surface area contributed by atoms with Crippen LogP contribution in [-0.2, 0) is 0 Å². The van der Waals surface area contributed by atoms with Crippen LogP contribution in [-0.4, -0.2) is 22.4 Å². The van der Waals surface area contributed by atoms with E-state index in [0.717, 1.165) is 36.5 Å². The monoisotopic (exact) mass is 320 g/mol. The van der Waals surface area contributed by atoms with E-state index in [4.69, 9.17) is 0 Å². The van der Waals surface area contributed by atoms with Crippen LogP contribution in [0, 0.1) is 40.4 Å². The second-order valence-corrected chi connectivity index (χ2v) is 10.1. The van der Waals surface area contributed by atoms with Gasteiger partial charge in [0.05, 0.1) is 12.2 Å². The molecule has 2 N–H and O–H groups in total. The summed E-state index contributed by atoms with van der Waals surface area (Å²) >= 11 is 0. The van der Waals surface area contributed by atoms with Crippen LogP contribution in [0.15, 0.2) is 0 Å². The van der Waals surface area contributed by atoms with E-state index in [-0.39, 0.29) is 12.2 Å². The SMILES string of the molecule is C[C@H](O)[C@H]1CC[C@H]2[C@@H]3CC[C@@H]4C[C@H](O)CC[C@]4(C)[C@@H]3CC[C@]12C. The lowest BCUT2D eigenvalue weighted by Gasteiger charge is -2.61. The topological polar surface area (TPSA) is 40.5 Å². The Hall–Kier alpha value is -0.0800. The van der Waals surface area contributed by atoms with Crippen molar-refractivity contribution < 1.29 is 10.2 Å². The lowest BCUT2D eigenvalue weighted by Crippen LogP contribution is -2.54. The largest absolute Gasteiger partial charge is 0.393 e. The molecule has 9 atom stereocenters. The molecule has 4 saturated carbocycles. The Morgan fingerprint density at radius 3 is 2.30 bits per heavy atom. The molecule has 0 radical (unpaired) electrons. The second-order valence-electron chi connectivity index (χ2n) is 10.1. The van der Waals surface area contributed by atoms with Gasteiger partial charge in [0.2, 0.25) is 0 Å². The van der Waals surface area contributed by atoms with Crippen molar-refractivity contribution in [1.82, 2.24) is 0 Å². The molecule has 0 heterocycles. The van der Waals surface area contributed by atoms with E-state index in [1.165, 1.54) is 44.9 Å². The van der Waals surface area contributed by atoms with Crippen LogP contribution >= 0.6 is 0 Å². The van der Waals surface area contributed by atoms with Gasteiger partial charge in [0.25, 0.3) is 0 Å². The fourth-order valence-corrected chi connectivity index (χ4v) is 8.07. The summed E-state index contributed by atoms with van der Waals surface area (Å²) in [6, 6.07) is 0. The molecule has 4 aliphatic carbocycles. The highest BCUT2D eigenvalue weighted by Gasteiger charge is 2.60. The average molecular weight is 321 g/mol. The number of hydrogen-bond donors (Lipinski definition) is 2. The minimum atomic E-state index is -0.140. The summed E-state index contributed by atoms with van der Waals surface area (Å²) in [5, 5.41) is 20.4. The van der Waals surface area contributed by atoms with Crippen molar-refractivity contribution >= 4 is 0 Å². The molecular formula is C21H36O2. The quantitative estimate of drug-likeness (QED) is 0.752. The van der Waals surface area contributed by atoms with Crippen LogP contribution < -0.4 is 0 Å². The normalized spacial score (nSPS) is 57.3. The predicted octanol–water partition coefficient (Wildman–Crippen LogP) is 4.39. The smallest absolute Gasteiger partial charge is 0.0545 e. The zero-order chi connectivity index (χ0) is 16.4. The molecule has 0 bridgehead atoms. The third kappa shape index (κ3) is 2.27. The molecule has 4 aliphatic rings. The van der Waals surface area contributed by atoms with Crippen LogP contribution in [0.1, 0.15) is 78.6 Å². The highest BCUT2D eigenvalue weighted by atomic mass is 16.3. The van der Waals surface area contributed by atoms with Crippen LogP contribution in [0.3, 0.4) is 0 Å². The van der Waals surface area contributed by atoms with Crippen molar-refractivity contribution in [2.24, 2.45) is 40.4 Å². The van der Waals surface area contributed by atoms with Crippen molar-refractivity contribution in [1.29, 1.82) is 0 Å². The van der Waals surface area contributed by atoms with Gasteiger partial charge in [-0.15, -0.1) is 0 Å². The maximum atomic E-state index is 10.3. The first-order valence-corrected chi connectivity index (χ1v) is 10.2. The summed E-state index contributed by atoms with van der Waals surface area (Å²) in [4.78, 5) is 0. The molecule has 0 spiro atoms. The molecule has 0 aliphatic heterocycles. The zero-order valence-electron chi connectivity index (χ0n) is 15.3. The minimum Gasteiger partial charge on any atom is -0.393 e. The standard InChI is InChI=1S/C21H36O2/c1-13(22)17-6-7-18-16-5-4-14-12-15(23)8-10-20(14,2)19(16)9-11-21(17,18)3/h13-19,22-23H,4-12H2,1-3H3/t13-,14+,15+,16-,17+,18-,19+,20-,21+/m0/s1. The zero-order valence-corrected chi connectivity index (χ0v) is 15.3. The maximum absolute atomic E-state index is 10.3. The Balaban J connectivity index is 1.60. The molecule has 4 rings (SSSR count). The van der Waals surface area contributed by atoms with Crippen LogP contribution in [0.2, 0.25) is 0 Å². The summed E-state index contributed by atoms with van der Waals surface area (Å²) in [6.07, 6.45) is 11.1. The second kappa shape index (κ2) is 5.46. The van der Waals surface area contributed by atoms with Crippen molar-refractivity contribution in [3.05, 3.63) is 0 Å². The summed E-state index contributed by atoms with van der Waals surface area (Å²) in [7, 11) is 0. The Morgan fingerprint density at radius 1 is 0.870 bits per heavy atom. The van der Waals surface area contributed by atoms with Gasteiger partial charge in [0, 0.05) is 0 Å². The molecule has 0 unspecified atom stereocenters. The van der Waals surface area contributed by atoms with Gasteiger partial charge in [-0.2, -0.15) is 0 Å². The predicted molar refractivity (Wildman–Crippen MR) is 92.9 cm³/mol. The molecule has 23 heavy (non-hydrogen) atoms. The highest BCUT2D eigenvalue weighted by molar-refractivity contribution is 5.09. The lowest BCUT2D eigenvalue weighted by atomic mass is 9.44. The Labute approximate surface area is 142 Å². The Kier molecular flexibility index (Phi) is 3.89. The van der Waals surface area contributed by atoms with Crippen molar-refractivity contribution in [2.45, 2.75) is 90.8 Å². The van der Waals surface area contributed by atoms with Crippen LogP contribution in [0.25, 0.3) is 0 Å². The first-order chi connectivity index (χ1) is 10.9. The number of aliphatic hydroxyl groups is 2. The van der Waals surface area contributed by atoms with Crippen LogP contribution in [0.4, 0.5) is 0 Å². The van der Waals surface area contributed by atoms with Gasteiger partial charge in [0.1, 0.15) is 0 Å². The van der Waals surface area contributed by atoms with Gasteiger partial charge in [-0.3, -0.25) is 0 Å². The first-order valence-electron chi connectivity index (χ1n) is 10.2. The molecular weight excluding hydrogens is 284 g/mol. The van der Waals surface area contributed by atoms with E-state index in [1.54, 1.807) is 0 Å². The number of rotatable bonds is 1. The molecule has 2 nitrogen and oxygen atoms in total. The van der Waals surface area contributed by atoms with E-state index in [1.807, 2.05) is 6.92 Å². The number of hydrogen-bond acceptors (Lipinski definition) is 2. The van der Waals surface area contributed by atoms with E-state index in [0.29, 0.717) is 16.7 Å². The molecule has 4 fully saturated rings. The van der Waals surface area contributed by atoms with Gasteiger partial charge < -0.3 is 10.2 Å². The summed E-state index contributed by atoms with van der Waals surface area (Å²) < 4.78 is 0. The number of aliphatic hydroxyl groups excluding tert-OH is 2. The summed E-state index contributed by atoms with van der Waals surface area (Å²) in [5.74, 6) is 3.87. The first kappa shape index (κ1) is 16.4. The third-order valence-electron chi connectivity index (χ3n) is 9.29. The van der Waals surface area contributed by atoms with E-state index < -0.39 is 0 Å². The van der Waals surface area contributed by atoms with Crippen molar-refractivity contribution in [3.63, 3.8) is 0 Å². The van der Waals surface area contributed by atoms with Crippen molar-refractivity contribution in [2.75, 3.05) is 0 Å².